The molecule has 0 bridgehead atoms. The Labute approximate surface area is 178 Å². The number of nitrogens with one attached hydrogen (secondary N) is 2. The molecule has 0 spiro atoms. The van der Waals surface area contributed by atoms with Gasteiger partial charge >= 0.3 is 0 Å². The van der Waals surface area contributed by atoms with E-state index in [0.29, 0.717) is 32.9 Å². The molecule has 3 aromatic carbocycles. The average Bonchev–Trinajstić information content (AvgIpc) is 2.73. The predicted octanol–water partition coefficient (Wildman–Crippen LogP) is 6.24. The zero-order valence-electron chi connectivity index (χ0n) is 15.0. The number of nitrogens with zero attached hydrogens (tertiary/aromatic N) is 1. The highest BCUT2D eigenvalue weighted by Gasteiger charge is 2.10. The number of ether oxygens (including phenoxy) is 1. The zero-order chi connectivity index (χ0) is 20.6. The molecule has 0 heterocycles. The number of hydrogen-bond donors (Lipinski definition) is 2. The molecule has 0 atom stereocenters. The van der Waals surface area contributed by atoms with Crippen molar-refractivity contribution in [2.75, 3.05) is 10.6 Å². The van der Waals surface area contributed by atoms with Crippen molar-refractivity contribution < 1.29 is 9.53 Å². The highest BCUT2D eigenvalue weighted by molar-refractivity contribution is 6.42. The molecule has 0 aliphatic heterocycles. The van der Waals surface area contributed by atoms with E-state index in [1.54, 1.807) is 42.5 Å². The van der Waals surface area contributed by atoms with Gasteiger partial charge in [0.2, 0.25) is 0 Å². The Morgan fingerprint density at radius 3 is 2.21 bits per heavy atom. The fourth-order valence-corrected chi connectivity index (χ4v) is 2.62. The van der Waals surface area contributed by atoms with Crippen molar-refractivity contribution in [3.05, 3.63) is 94.6 Å². The Morgan fingerprint density at radius 2 is 1.55 bits per heavy atom. The molecule has 29 heavy (non-hydrogen) atoms. The van der Waals surface area contributed by atoms with E-state index in [9.17, 15) is 10.1 Å². The smallest absolute Gasteiger partial charge is 0.267 e. The summed E-state index contributed by atoms with van der Waals surface area (Å²) in [7, 11) is 0. The van der Waals surface area contributed by atoms with Crippen LogP contribution in [0.3, 0.4) is 0 Å². The van der Waals surface area contributed by atoms with Crippen LogP contribution in [0.25, 0.3) is 0 Å². The van der Waals surface area contributed by atoms with Crippen molar-refractivity contribution in [1.29, 1.82) is 5.26 Å². The molecule has 0 fully saturated rings. The molecule has 0 radical (unpaired) electrons. The van der Waals surface area contributed by atoms with Crippen molar-refractivity contribution >= 4 is 40.5 Å². The van der Waals surface area contributed by atoms with E-state index >= 15 is 0 Å². The number of carbonyl (C=O) groups is 1. The number of rotatable bonds is 6. The van der Waals surface area contributed by atoms with Crippen LogP contribution in [0.5, 0.6) is 11.5 Å². The number of amides is 1. The molecule has 0 saturated carbocycles. The molecule has 0 unspecified atom stereocenters. The second-order valence-electron chi connectivity index (χ2n) is 5.84. The van der Waals surface area contributed by atoms with Crippen molar-refractivity contribution in [3.63, 3.8) is 0 Å². The van der Waals surface area contributed by atoms with Crippen LogP contribution in [0.4, 0.5) is 11.4 Å². The van der Waals surface area contributed by atoms with Gasteiger partial charge in [-0.25, -0.2) is 0 Å². The summed E-state index contributed by atoms with van der Waals surface area (Å²) in [5.74, 6) is 0.802. The molecule has 0 aliphatic rings. The topological polar surface area (TPSA) is 74.2 Å². The van der Waals surface area contributed by atoms with E-state index in [2.05, 4.69) is 10.6 Å². The first-order chi connectivity index (χ1) is 14.0. The first-order valence-corrected chi connectivity index (χ1v) is 9.27. The van der Waals surface area contributed by atoms with E-state index in [-0.39, 0.29) is 5.57 Å². The highest BCUT2D eigenvalue weighted by Crippen LogP contribution is 2.25. The van der Waals surface area contributed by atoms with Gasteiger partial charge in [-0.05, 0) is 54.6 Å². The van der Waals surface area contributed by atoms with Crippen molar-refractivity contribution in [2.24, 2.45) is 0 Å². The van der Waals surface area contributed by atoms with Crippen LogP contribution in [0.15, 0.2) is 84.6 Å². The molecular weight excluding hydrogens is 409 g/mol. The summed E-state index contributed by atoms with van der Waals surface area (Å²) in [6.07, 6.45) is 1.31. The summed E-state index contributed by atoms with van der Waals surface area (Å²) in [5, 5.41) is 15.6. The van der Waals surface area contributed by atoms with Crippen LogP contribution >= 0.6 is 23.2 Å². The molecule has 2 N–H and O–H groups in total. The van der Waals surface area contributed by atoms with Crippen LogP contribution in [0, 0.1) is 11.3 Å². The molecule has 1 amide bonds. The second kappa shape index (κ2) is 9.65. The van der Waals surface area contributed by atoms with E-state index in [1.165, 1.54) is 6.20 Å². The molecule has 0 saturated heterocycles. The quantitative estimate of drug-likeness (QED) is 0.363. The molecule has 144 valence electrons. The highest BCUT2D eigenvalue weighted by atomic mass is 35.5. The second-order valence-corrected chi connectivity index (χ2v) is 6.65. The number of benzene rings is 3. The van der Waals surface area contributed by atoms with Gasteiger partial charge in [-0.15, -0.1) is 0 Å². The van der Waals surface area contributed by atoms with Gasteiger partial charge in [0.1, 0.15) is 23.1 Å². The third-order valence-electron chi connectivity index (χ3n) is 3.76. The lowest BCUT2D eigenvalue weighted by molar-refractivity contribution is -0.112. The van der Waals surface area contributed by atoms with E-state index in [4.69, 9.17) is 27.9 Å². The number of nitriles is 1. The predicted molar refractivity (Wildman–Crippen MR) is 115 cm³/mol. The number of para-hydroxylation sites is 1. The fourth-order valence-electron chi connectivity index (χ4n) is 2.32. The maximum absolute atomic E-state index is 12.3. The summed E-state index contributed by atoms with van der Waals surface area (Å²) in [6, 6.07) is 23.0. The minimum atomic E-state index is -0.545. The van der Waals surface area contributed by atoms with Crippen LogP contribution in [0.1, 0.15) is 0 Å². The lowest BCUT2D eigenvalue weighted by Crippen LogP contribution is -2.14. The molecular formula is C22H15Cl2N3O2. The molecule has 0 aliphatic carbocycles. The number of halogens is 2. The minimum absolute atomic E-state index is 0.0966. The third-order valence-corrected chi connectivity index (χ3v) is 4.50. The van der Waals surface area contributed by atoms with Crippen molar-refractivity contribution in [1.82, 2.24) is 0 Å². The summed E-state index contributed by atoms with van der Waals surface area (Å²) in [6.45, 7) is 0. The Bertz CT molecular complexity index is 1080. The molecule has 5 nitrogen and oxygen atoms in total. The number of carbonyl (C=O) groups excluding carboxylic acids is 1. The van der Waals surface area contributed by atoms with Gasteiger partial charge in [0, 0.05) is 17.6 Å². The van der Waals surface area contributed by atoms with Gasteiger partial charge in [-0.1, -0.05) is 41.4 Å². The number of anilines is 2. The normalized spacial score (nSPS) is 10.7. The van der Waals surface area contributed by atoms with Crippen LogP contribution in [-0.4, -0.2) is 5.91 Å². The maximum Gasteiger partial charge on any atom is 0.267 e. The average molecular weight is 424 g/mol. The van der Waals surface area contributed by atoms with Gasteiger partial charge in [0.25, 0.3) is 5.91 Å². The number of hydrogen-bond acceptors (Lipinski definition) is 4. The van der Waals surface area contributed by atoms with E-state index in [0.717, 1.165) is 0 Å². The minimum Gasteiger partial charge on any atom is -0.457 e. The van der Waals surface area contributed by atoms with Crippen LogP contribution < -0.4 is 15.4 Å². The molecule has 3 aromatic rings. The standard InChI is InChI=1S/C22H15Cl2N3O2/c23-20-11-8-17(12-21(20)24)26-14-15(13-25)22(28)27-16-6-9-19(10-7-16)29-18-4-2-1-3-5-18/h1-12,14,26H,(H,27,28)/b15-14-. The monoisotopic (exact) mass is 423 g/mol. The van der Waals surface area contributed by atoms with Crippen molar-refractivity contribution in [2.45, 2.75) is 0 Å². The lowest BCUT2D eigenvalue weighted by Gasteiger charge is -2.08. The van der Waals surface area contributed by atoms with Gasteiger partial charge in [-0.2, -0.15) is 5.26 Å². The maximum atomic E-state index is 12.3. The summed E-state index contributed by atoms with van der Waals surface area (Å²) >= 11 is 11.8. The first kappa shape index (κ1) is 20.3. The Hall–Kier alpha value is -3.46. The van der Waals surface area contributed by atoms with Gasteiger partial charge in [0.15, 0.2) is 0 Å². The SMILES string of the molecule is N#C/C(=C/Nc1ccc(Cl)c(Cl)c1)C(=O)Nc1ccc(Oc2ccccc2)cc1. The van der Waals surface area contributed by atoms with Crippen molar-refractivity contribution in [3.8, 4) is 17.6 Å². The van der Waals surface area contributed by atoms with Crippen LogP contribution in [-0.2, 0) is 4.79 Å². The summed E-state index contributed by atoms with van der Waals surface area (Å²) < 4.78 is 5.71. The van der Waals surface area contributed by atoms with Gasteiger partial charge in [-0.3, -0.25) is 4.79 Å². The van der Waals surface area contributed by atoms with Gasteiger partial charge in [0.05, 0.1) is 10.0 Å². The zero-order valence-corrected chi connectivity index (χ0v) is 16.5. The molecule has 0 aromatic heterocycles. The van der Waals surface area contributed by atoms with E-state index in [1.807, 2.05) is 36.4 Å². The summed E-state index contributed by atoms with van der Waals surface area (Å²) in [4.78, 5) is 12.3. The lowest BCUT2D eigenvalue weighted by atomic mass is 10.2. The summed E-state index contributed by atoms with van der Waals surface area (Å²) in [5.41, 5.74) is 1.04. The third kappa shape index (κ3) is 5.76. The Morgan fingerprint density at radius 1 is 0.897 bits per heavy atom. The van der Waals surface area contributed by atoms with E-state index < -0.39 is 5.91 Å². The molecule has 7 heteroatoms. The molecule has 3 rings (SSSR count). The fraction of sp³-hybridized carbons (Fsp3) is 0. The largest absolute Gasteiger partial charge is 0.457 e. The van der Waals surface area contributed by atoms with Gasteiger partial charge < -0.3 is 15.4 Å². The Balaban J connectivity index is 1.63. The van der Waals surface area contributed by atoms with Crippen LogP contribution in [0.2, 0.25) is 10.0 Å². The Kier molecular flexibility index (Phi) is 6.75. The first-order valence-electron chi connectivity index (χ1n) is 8.51.